The average Bonchev–Trinajstić information content (AvgIpc) is 2.78. The van der Waals surface area contributed by atoms with Crippen molar-refractivity contribution in [3.8, 4) is 0 Å². The van der Waals surface area contributed by atoms with Crippen molar-refractivity contribution in [2.75, 3.05) is 0 Å². The molecule has 0 bridgehead atoms. The van der Waals surface area contributed by atoms with Gasteiger partial charge in [-0.3, -0.25) is 0 Å². The minimum Gasteiger partial charge on any atom is -0.744 e. The van der Waals surface area contributed by atoms with Crippen molar-refractivity contribution < 1.29 is 13.0 Å². The second-order valence-electron chi connectivity index (χ2n) is 6.27. The molecule has 3 nitrogen and oxygen atoms in total. The van der Waals surface area contributed by atoms with Crippen LogP contribution in [-0.2, 0) is 21.0 Å². The van der Waals surface area contributed by atoms with E-state index in [0.717, 1.165) is 6.07 Å². The standard InChI is InChI=1S/C18H15S.C6H4Cl2O3S/c1-4-10-16(11-5-1)19(17-12-6-2-7-13-17)18-14-8-3-9-15-18;7-4-1-2-5(8)6(3-4)12(9,10)11/h1-15H;1-3H,(H,9,10,11)/q+1;/p-1. The molecule has 0 spiro atoms. The number of benzene rings is 4. The van der Waals surface area contributed by atoms with Crippen molar-refractivity contribution in [2.45, 2.75) is 19.6 Å². The molecule has 0 atom stereocenters. The van der Waals surface area contributed by atoms with Gasteiger partial charge in [-0.05, 0) is 54.6 Å². The van der Waals surface area contributed by atoms with E-state index in [1.54, 1.807) is 0 Å². The van der Waals surface area contributed by atoms with Crippen molar-refractivity contribution in [3.63, 3.8) is 0 Å². The third-order valence-electron chi connectivity index (χ3n) is 4.10. The summed E-state index contributed by atoms with van der Waals surface area (Å²) >= 11 is 10.9. The van der Waals surface area contributed by atoms with Gasteiger partial charge in [-0.15, -0.1) is 0 Å². The van der Waals surface area contributed by atoms with Crippen LogP contribution in [0.15, 0.2) is 129 Å². The fraction of sp³-hybridized carbons (Fsp3) is 0. The summed E-state index contributed by atoms with van der Waals surface area (Å²) in [6.45, 7) is 0. The van der Waals surface area contributed by atoms with Gasteiger partial charge in [-0.1, -0.05) is 77.8 Å². The van der Waals surface area contributed by atoms with Gasteiger partial charge in [-0.25, -0.2) is 8.42 Å². The molecule has 0 aromatic heterocycles. The van der Waals surface area contributed by atoms with Gasteiger partial charge in [0.05, 0.1) is 20.8 Å². The summed E-state index contributed by atoms with van der Waals surface area (Å²) in [5.41, 5.74) is 0. The van der Waals surface area contributed by atoms with Crippen LogP contribution >= 0.6 is 23.2 Å². The Bertz CT molecular complexity index is 1120. The molecular weight excluding hydrogens is 471 g/mol. The highest BCUT2D eigenvalue weighted by Crippen LogP contribution is 2.30. The fourth-order valence-electron chi connectivity index (χ4n) is 2.75. The average molecular weight is 489 g/mol. The molecule has 0 fully saturated rings. The number of halogens is 2. The largest absolute Gasteiger partial charge is 0.744 e. The minimum absolute atomic E-state index is 0.0146. The highest BCUT2D eigenvalue weighted by atomic mass is 35.5. The first kappa shape index (κ1) is 23.4. The first-order valence-electron chi connectivity index (χ1n) is 9.16. The van der Waals surface area contributed by atoms with Crippen LogP contribution in [0.4, 0.5) is 0 Å². The summed E-state index contributed by atoms with van der Waals surface area (Å²) in [7, 11) is -4.54. The lowest BCUT2D eigenvalue weighted by Crippen LogP contribution is -2.04. The Morgan fingerprint density at radius 1 is 0.613 bits per heavy atom. The van der Waals surface area contributed by atoms with Crippen LogP contribution in [0.1, 0.15) is 0 Å². The van der Waals surface area contributed by atoms with Crippen LogP contribution in [0.2, 0.25) is 10.0 Å². The molecule has 0 aliphatic heterocycles. The van der Waals surface area contributed by atoms with Gasteiger partial charge in [0, 0.05) is 5.02 Å². The quantitative estimate of drug-likeness (QED) is 0.237. The van der Waals surface area contributed by atoms with Crippen LogP contribution < -0.4 is 0 Å². The molecule has 0 aliphatic carbocycles. The maximum absolute atomic E-state index is 10.5. The van der Waals surface area contributed by atoms with E-state index in [0.29, 0.717) is 0 Å². The Kier molecular flexibility index (Phi) is 8.18. The van der Waals surface area contributed by atoms with Crippen molar-refractivity contribution in [1.82, 2.24) is 0 Å². The molecule has 4 aromatic carbocycles. The van der Waals surface area contributed by atoms with Gasteiger partial charge in [0.1, 0.15) is 10.1 Å². The topological polar surface area (TPSA) is 57.2 Å². The molecule has 4 rings (SSSR count). The van der Waals surface area contributed by atoms with Crippen molar-refractivity contribution in [2.24, 2.45) is 0 Å². The molecule has 0 heterocycles. The summed E-state index contributed by atoms with van der Waals surface area (Å²) in [5, 5.41) is 0.0447. The maximum atomic E-state index is 10.5. The summed E-state index contributed by atoms with van der Waals surface area (Å²) in [6, 6.07) is 35.8. The van der Waals surface area contributed by atoms with Crippen LogP contribution in [-0.4, -0.2) is 13.0 Å². The van der Waals surface area contributed by atoms with E-state index in [9.17, 15) is 13.0 Å². The van der Waals surface area contributed by atoms with E-state index in [-0.39, 0.29) is 20.9 Å². The third-order valence-corrected chi connectivity index (χ3v) is 7.88. The molecule has 0 N–H and O–H groups in total. The van der Waals surface area contributed by atoms with Gasteiger partial charge in [0.2, 0.25) is 0 Å². The first-order valence-corrected chi connectivity index (χ1v) is 12.6. The highest BCUT2D eigenvalue weighted by molar-refractivity contribution is 7.97. The van der Waals surface area contributed by atoms with Crippen LogP contribution in [0.5, 0.6) is 0 Å². The van der Waals surface area contributed by atoms with Crippen LogP contribution in [0.25, 0.3) is 0 Å². The summed E-state index contributed by atoms with van der Waals surface area (Å²) in [4.78, 5) is 3.59. The van der Waals surface area contributed by atoms with Crippen molar-refractivity contribution in [3.05, 3.63) is 119 Å². The maximum Gasteiger partial charge on any atom is 0.166 e. The minimum atomic E-state index is -4.52. The predicted molar refractivity (Wildman–Crippen MR) is 126 cm³/mol. The molecule has 0 aliphatic rings. The van der Waals surface area contributed by atoms with E-state index in [4.69, 9.17) is 23.2 Å². The number of rotatable bonds is 4. The Balaban J connectivity index is 0.000000196. The fourth-order valence-corrected chi connectivity index (χ4v) is 6.07. The first-order chi connectivity index (χ1) is 14.9. The van der Waals surface area contributed by atoms with E-state index < -0.39 is 15.0 Å². The lowest BCUT2D eigenvalue weighted by molar-refractivity contribution is 0.463. The second kappa shape index (κ2) is 10.8. The van der Waals surface area contributed by atoms with Gasteiger partial charge >= 0.3 is 0 Å². The zero-order valence-electron chi connectivity index (χ0n) is 16.2. The molecule has 158 valence electrons. The Hall–Kier alpha value is -2.28. The Morgan fingerprint density at radius 3 is 1.32 bits per heavy atom. The lowest BCUT2D eigenvalue weighted by Gasteiger charge is -2.08. The van der Waals surface area contributed by atoms with Crippen LogP contribution in [0, 0.1) is 0 Å². The van der Waals surface area contributed by atoms with E-state index in [2.05, 4.69) is 91.0 Å². The van der Waals surface area contributed by atoms with Crippen molar-refractivity contribution in [1.29, 1.82) is 0 Å². The smallest absolute Gasteiger partial charge is 0.166 e. The van der Waals surface area contributed by atoms with Crippen molar-refractivity contribution >= 4 is 44.2 Å². The third kappa shape index (κ3) is 6.60. The molecule has 7 heteroatoms. The van der Waals surface area contributed by atoms with E-state index >= 15 is 0 Å². The SMILES string of the molecule is O=S(=O)([O-])c1cc(Cl)ccc1Cl.c1ccc([S+](c2ccccc2)c2ccccc2)cc1. The van der Waals surface area contributed by atoms with Crippen LogP contribution in [0.3, 0.4) is 0 Å². The van der Waals surface area contributed by atoms with Gasteiger partial charge < -0.3 is 4.55 Å². The molecule has 31 heavy (non-hydrogen) atoms. The molecular formula is C24H18Cl2O3S2. The predicted octanol–water partition coefficient (Wildman–Crippen LogP) is 6.68. The number of hydrogen-bond donors (Lipinski definition) is 0. The Labute approximate surface area is 195 Å². The molecule has 0 radical (unpaired) electrons. The van der Waals surface area contributed by atoms with Gasteiger partial charge in [0.25, 0.3) is 0 Å². The highest BCUT2D eigenvalue weighted by Gasteiger charge is 2.27. The normalized spacial score (nSPS) is 11.0. The monoisotopic (exact) mass is 488 g/mol. The Morgan fingerprint density at radius 2 is 1.00 bits per heavy atom. The zero-order valence-corrected chi connectivity index (χ0v) is 19.3. The van der Waals surface area contributed by atoms with Gasteiger partial charge in [0.15, 0.2) is 14.7 Å². The van der Waals surface area contributed by atoms with Gasteiger partial charge in [-0.2, -0.15) is 0 Å². The molecule has 4 aromatic rings. The lowest BCUT2D eigenvalue weighted by atomic mass is 10.4. The zero-order chi connectivity index (χ0) is 22.3. The second-order valence-corrected chi connectivity index (χ2v) is 10.5. The molecule has 0 unspecified atom stereocenters. The molecule has 0 amide bonds. The summed E-state index contributed by atoms with van der Waals surface area (Å²) in [6.07, 6.45) is 0. The summed E-state index contributed by atoms with van der Waals surface area (Å²) in [5.74, 6) is 0. The molecule has 0 saturated heterocycles. The van der Waals surface area contributed by atoms with E-state index in [1.807, 2.05) is 0 Å². The molecule has 0 saturated carbocycles. The van der Waals surface area contributed by atoms with E-state index in [1.165, 1.54) is 26.8 Å². The summed E-state index contributed by atoms with van der Waals surface area (Å²) < 4.78 is 31.5. The number of hydrogen-bond acceptors (Lipinski definition) is 3.